The van der Waals surface area contributed by atoms with E-state index in [-0.39, 0.29) is 5.54 Å². The number of likely N-dealkylation sites (tertiary alicyclic amines) is 6. The van der Waals surface area contributed by atoms with Gasteiger partial charge in [0.2, 0.25) is 0 Å². The standard InChI is InChI=1S/2C13H19N.2C12H23N.C12H17N.C11H21N.2C10H19N.C9H17N/c1-13(2,3)14-10-6-8-11-7-4-5-9-12(11)14;1-13(2,3)14-9-8-11-6-4-5-7-12(11)10-14;1-12(2,3)13-9-5-7-10-6-4-8-11(10)13;1-12(2,3)13-8-7-10-5-4-6-11(10)9-13;1-12(2,3)13-8-10-6-4-5-7-11(10)9-13;1-11(2,3)12-7-9-5-4-6-10(9)8-12;1-10(2,3)11-5-4-8-6-9(8)7-11;1-10(2,3)11-6-4-5-8-7-9(8)11;1-9(2,3)10-5-7-4-8(7)6-10/h4-5,7,9H,6,8,10H2,1-3H3;4-7H,8-10H2,1-3H3;2*10-11H,4-9H2,1-3H3;4-7H,8-9H2,1-3H3;9-10H,4-8H2,1-3H3;2*8-9H,4-7H2,1-3H3;7-8H,4-6H2,1-3H3. The Bertz CT molecular complexity index is 3260. The van der Waals surface area contributed by atoms with Gasteiger partial charge >= 0.3 is 0 Å². The number of nitrogens with zero attached hydrogens (tertiary/aromatic N) is 9. The first-order valence-corrected chi connectivity index (χ1v) is 46.7. The van der Waals surface area contributed by atoms with Crippen LogP contribution in [0.1, 0.15) is 337 Å². The molecule has 0 aromatic heterocycles. The molecule has 6 saturated carbocycles. The summed E-state index contributed by atoms with van der Waals surface area (Å²) in [4.78, 5) is 23.6. The molecule has 18 rings (SSSR count). The normalized spacial score (nSPS) is 30.1. The predicted octanol–water partition coefficient (Wildman–Crippen LogP) is 23.5. The van der Waals surface area contributed by atoms with Crippen molar-refractivity contribution in [1.29, 1.82) is 0 Å². The minimum Gasteiger partial charge on any atom is -0.366 e. The van der Waals surface area contributed by atoms with Crippen molar-refractivity contribution in [2.45, 2.75) is 403 Å². The van der Waals surface area contributed by atoms with Gasteiger partial charge in [-0.15, -0.1) is 0 Å². The van der Waals surface area contributed by atoms with Crippen LogP contribution >= 0.6 is 0 Å². The zero-order valence-corrected chi connectivity index (χ0v) is 77.8. The molecule has 12 unspecified atom stereocenters. The first kappa shape index (κ1) is 90.5. The molecule has 12 fully saturated rings. The summed E-state index contributed by atoms with van der Waals surface area (Å²) in [5, 5.41) is 0. The lowest BCUT2D eigenvalue weighted by Gasteiger charge is -2.46. The molecule has 15 aliphatic rings. The molecule has 9 nitrogen and oxygen atoms in total. The maximum atomic E-state index is 2.76. The number of benzene rings is 3. The first-order chi connectivity index (χ1) is 51.7. The summed E-state index contributed by atoms with van der Waals surface area (Å²) in [5.74, 6) is 10.7. The van der Waals surface area contributed by atoms with E-state index in [0.717, 1.165) is 90.9 Å². The molecule has 111 heavy (non-hydrogen) atoms. The van der Waals surface area contributed by atoms with E-state index in [4.69, 9.17) is 0 Å². The van der Waals surface area contributed by atoms with Crippen molar-refractivity contribution >= 4 is 5.69 Å². The average molecular weight is 1530 g/mol. The van der Waals surface area contributed by atoms with E-state index >= 15 is 0 Å². The summed E-state index contributed by atoms with van der Waals surface area (Å²) in [7, 11) is 0. The highest BCUT2D eigenvalue weighted by molar-refractivity contribution is 5.57. The number of fused-ring (bicyclic) bond motifs is 9. The molecular weight excluding hydrogens is 1350 g/mol. The van der Waals surface area contributed by atoms with Crippen molar-refractivity contribution < 1.29 is 0 Å². The fraction of sp³-hybridized carbons (Fsp3) is 0.824. The molecule has 9 heterocycles. The van der Waals surface area contributed by atoms with E-state index in [1.807, 2.05) is 0 Å². The van der Waals surface area contributed by atoms with Gasteiger partial charge in [-0.25, -0.2) is 0 Å². The van der Waals surface area contributed by atoms with Crippen molar-refractivity contribution in [3.8, 4) is 0 Å². The van der Waals surface area contributed by atoms with E-state index in [2.05, 4.69) is 304 Å². The van der Waals surface area contributed by atoms with Gasteiger partial charge in [0.05, 0.1) is 0 Å². The molecule has 0 amide bonds. The molecule has 630 valence electrons. The van der Waals surface area contributed by atoms with Crippen LogP contribution < -0.4 is 4.90 Å². The molecule has 0 N–H and O–H groups in total. The number of hydrogen-bond donors (Lipinski definition) is 0. The molecule has 6 aliphatic carbocycles. The van der Waals surface area contributed by atoms with Gasteiger partial charge in [0.25, 0.3) is 0 Å². The summed E-state index contributed by atoms with van der Waals surface area (Å²) in [6.07, 6.45) is 30.5. The SMILES string of the molecule is CC(C)(C)N1CC2CC2C1.CC(C)(C)N1CC2CCCC2C1.CC(C)(C)N1CCC2CC2C1.CC(C)(C)N1CCC2CCCC2C1.CC(C)(C)N1CCCC2CC21.CC(C)(C)N1CCCC2CCCC21.CC(C)(C)N1CCCc2ccccc21.CC(C)(C)N1CCc2ccccc2C1.CC(C)(C)N1Cc2ccccc2C1. The van der Waals surface area contributed by atoms with Crippen LogP contribution in [0.3, 0.4) is 0 Å². The van der Waals surface area contributed by atoms with Crippen molar-refractivity contribution in [2.75, 3.05) is 83.4 Å². The number of para-hydroxylation sites is 1. The Morgan fingerprint density at radius 2 is 0.586 bits per heavy atom. The lowest BCUT2D eigenvalue weighted by atomic mass is 9.86. The molecule has 3 aromatic rings. The summed E-state index contributed by atoms with van der Waals surface area (Å²) in [6, 6.07) is 28.2. The van der Waals surface area contributed by atoms with Crippen molar-refractivity contribution in [3.63, 3.8) is 0 Å². The van der Waals surface area contributed by atoms with Gasteiger partial charge in [-0.05, 0) is 415 Å². The minimum absolute atomic E-state index is 0.247. The first-order valence-electron chi connectivity index (χ1n) is 46.7. The van der Waals surface area contributed by atoms with Gasteiger partial charge in [-0.2, -0.15) is 0 Å². The van der Waals surface area contributed by atoms with Crippen LogP contribution in [-0.2, 0) is 32.5 Å². The molecular formula is C102H177N9. The second-order valence-electron chi connectivity index (χ2n) is 47.2. The maximum Gasteiger partial charge on any atom is 0.0403 e. The Morgan fingerprint density at radius 1 is 0.225 bits per heavy atom. The van der Waals surface area contributed by atoms with Gasteiger partial charge in [0.15, 0.2) is 0 Å². The number of hydrogen-bond acceptors (Lipinski definition) is 9. The van der Waals surface area contributed by atoms with Gasteiger partial charge in [0.1, 0.15) is 0 Å². The van der Waals surface area contributed by atoms with Gasteiger partial charge in [0, 0.05) is 140 Å². The molecule has 9 heteroatoms. The van der Waals surface area contributed by atoms with Crippen LogP contribution in [0.2, 0.25) is 0 Å². The zero-order valence-electron chi connectivity index (χ0n) is 77.8. The maximum absolute atomic E-state index is 2.76. The van der Waals surface area contributed by atoms with Crippen LogP contribution in [0.4, 0.5) is 5.69 Å². The monoisotopic (exact) mass is 1530 g/mol. The quantitative estimate of drug-likeness (QED) is 0.218. The number of piperidine rings is 5. The smallest absolute Gasteiger partial charge is 0.0403 e. The lowest BCUT2D eigenvalue weighted by Crippen LogP contribution is -2.52. The van der Waals surface area contributed by atoms with Crippen LogP contribution in [0, 0.1) is 59.2 Å². The average Bonchev–Trinajstić information content (AvgIpc) is 1.62. The third kappa shape index (κ3) is 26.1. The summed E-state index contributed by atoms with van der Waals surface area (Å²) < 4.78 is 0. The van der Waals surface area contributed by atoms with Gasteiger partial charge in [-0.1, -0.05) is 92.4 Å². The highest BCUT2D eigenvalue weighted by Gasteiger charge is 2.50. The fourth-order valence-corrected chi connectivity index (χ4v) is 21.8. The zero-order chi connectivity index (χ0) is 81.0. The van der Waals surface area contributed by atoms with E-state index in [1.54, 1.807) is 0 Å². The van der Waals surface area contributed by atoms with Crippen LogP contribution in [0.15, 0.2) is 72.8 Å². The topological polar surface area (TPSA) is 29.2 Å². The second-order valence-corrected chi connectivity index (χ2v) is 47.2. The van der Waals surface area contributed by atoms with Crippen LogP contribution in [0.5, 0.6) is 0 Å². The second kappa shape index (κ2) is 37.2. The largest absolute Gasteiger partial charge is 0.366 e. The summed E-state index contributed by atoms with van der Waals surface area (Å²) in [6.45, 7) is 82.0. The Kier molecular flexibility index (Phi) is 30.3. The van der Waals surface area contributed by atoms with E-state index < -0.39 is 0 Å². The van der Waals surface area contributed by atoms with Gasteiger partial charge < -0.3 is 4.90 Å². The van der Waals surface area contributed by atoms with Crippen molar-refractivity contribution in [3.05, 3.63) is 101 Å². The molecule has 6 saturated heterocycles. The third-order valence-corrected chi connectivity index (χ3v) is 29.6. The molecule has 3 aromatic carbocycles. The molecule has 9 aliphatic heterocycles. The third-order valence-electron chi connectivity index (χ3n) is 29.6. The Morgan fingerprint density at radius 3 is 1.05 bits per heavy atom. The Balaban J connectivity index is 0.000000133. The molecule has 0 spiro atoms. The van der Waals surface area contributed by atoms with Crippen LogP contribution in [0.25, 0.3) is 0 Å². The van der Waals surface area contributed by atoms with E-state index in [0.29, 0.717) is 44.3 Å². The fourth-order valence-electron chi connectivity index (χ4n) is 21.8. The minimum atomic E-state index is 0.247. The summed E-state index contributed by atoms with van der Waals surface area (Å²) in [5.41, 5.74) is 12.3. The van der Waals surface area contributed by atoms with Crippen molar-refractivity contribution in [2.24, 2.45) is 59.2 Å². The molecule has 0 radical (unpaired) electrons. The highest BCUT2D eigenvalue weighted by Crippen LogP contribution is 2.49. The highest BCUT2D eigenvalue weighted by atomic mass is 15.3. The Labute approximate surface area is 687 Å². The summed E-state index contributed by atoms with van der Waals surface area (Å²) >= 11 is 0. The predicted molar refractivity (Wildman–Crippen MR) is 481 cm³/mol. The Hall–Kier alpha value is -2.86. The number of aryl methyl sites for hydroxylation is 1. The molecule has 0 bridgehead atoms. The molecule has 12 atom stereocenters. The van der Waals surface area contributed by atoms with E-state index in [9.17, 15) is 0 Å². The lowest BCUT2D eigenvalue weighted by molar-refractivity contribution is 0.0298. The number of anilines is 1. The van der Waals surface area contributed by atoms with Crippen molar-refractivity contribution in [1.82, 2.24) is 39.2 Å². The number of rotatable bonds is 0. The van der Waals surface area contributed by atoms with E-state index in [1.165, 1.54) is 247 Å². The van der Waals surface area contributed by atoms with Crippen LogP contribution in [-0.4, -0.2) is 180 Å². The van der Waals surface area contributed by atoms with Gasteiger partial charge in [-0.3, -0.25) is 39.2 Å².